The van der Waals surface area contributed by atoms with E-state index in [2.05, 4.69) is 0 Å². The lowest BCUT2D eigenvalue weighted by Gasteiger charge is -2.21. The minimum absolute atomic E-state index is 0.233. The minimum atomic E-state index is -4.38. The van der Waals surface area contributed by atoms with E-state index in [0.29, 0.717) is 24.3 Å². The van der Waals surface area contributed by atoms with Crippen LogP contribution in [0.5, 0.6) is 5.75 Å². The number of benzene rings is 2. The second kappa shape index (κ2) is 6.83. The molecule has 0 spiro atoms. The molecule has 0 aliphatic carbocycles. The maximum absolute atomic E-state index is 13.0. The lowest BCUT2D eigenvalue weighted by atomic mass is 9.87. The van der Waals surface area contributed by atoms with Gasteiger partial charge in [-0.2, -0.15) is 13.2 Å². The number of hydrogen-bond acceptors (Lipinski definition) is 2. The average Bonchev–Trinajstić information content (AvgIpc) is 2.52. The van der Waals surface area contributed by atoms with Crippen molar-refractivity contribution in [2.24, 2.45) is 5.73 Å². The fourth-order valence-corrected chi connectivity index (χ4v) is 2.54. The van der Waals surface area contributed by atoms with Crippen molar-refractivity contribution in [1.82, 2.24) is 0 Å². The fourth-order valence-electron chi connectivity index (χ4n) is 2.54. The molecule has 2 aromatic rings. The molecule has 2 rings (SSSR count). The Hall–Kier alpha value is -2.01. The third kappa shape index (κ3) is 3.60. The van der Waals surface area contributed by atoms with Crippen LogP contribution in [0, 0.1) is 0 Å². The first-order valence-corrected chi connectivity index (χ1v) is 6.97. The van der Waals surface area contributed by atoms with Crippen LogP contribution in [0.3, 0.4) is 0 Å². The first-order valence-electron chi connectivity index (χ1n) is 6.97. The Labute approximate surface area is 127 Å². The van der Waals surface area contributed by atoms with Crippen molar-refractivity contribution < 1.29 is 17.9 Å². The van der Waals surface area contributed by atoms with Gasteiger partial charge >= 0.3 is 6.18 Å². The van der Waals surface area contributed by atoms with Crippen molar-refractivity contribution >= 4 is 0 Å². The monoisotopic (exact) mass is 309 g/mol. The molecule has 1 atom stereocenters. The van der Waals surface area contributed by atoms with Crippen molar-refractivity contribution in [2.45, 2.75) is 18.5 Å². The highest BCUT2D eigenvalue weighted by molar-refractivity contribution is 5.45. The van der Waals surface area contributed by atoms with E-state index in [9.17, 15) is 13.2 Å². The second-order valence-electron chi connectivity index (χ2n) is 5.00. The standard InChI is InChI=1S/C17H18F3NO/c1-22-16-8-7-13(17(18,19)20)11-15(16)14(9-10-21)12-5-3-2-4-6-12/h2-8,11,14H,9-10,21H2,1H3. The van der Waals surface area contributed by atoms with Crippen molar-refractivity contribution in [3.63, 3.8) is 0 Å². The number of ether oxygens (including phenoxy) is 1. The molecule has 0 amide bonds. The van der Waals surface area contributed by atoms with E-state index in [-0.39, 0.29) is 5.92 Å². The van der Waals surface area contributed by atoms with E-state index < -0.39 is 11.7 Å². The SMILES string of the molecule is COc1ccc(C(F)(F)F)cc1C(CCN)c1ccccc1. The van der Waals surface area contributed by atoms with Gasteiger partial charge in [-0.25, -0.2) is 0 Å². The van der Waals surface area contributed by atoms with Gasteiger partial charge in [0, 0.05) is 11.5 Å². The van der Waals surface area contributed by atoms with Crippen LogP contribution in [0.1, 0.15) is 29.0 Å². The Morgan fingerprint density at radius 1 is 1.09 bits per heavy atom. The predicted octanol–water partition coefficient (Wildman–Crippen LogP) is 4.19. The first kappa shape index (κ1) is 16.4. The maximum atomic E-state index is 13.0. The van der Waals surface area contributed by atoms with Crippen LogP contribution in [0.2, 0.25) is 0 Å². The van der Waals surface area contributed by atoms with Crippen molar-refractivity contribution in [3.8, 4) is 5.75 Å². The maximum Gasteiger partial charge on any atom is 0.416 e. The zero-order valence-electron chi connectivity index (χ0n) is 12.2. The van der Waals surface area contributed by atoms with Gasteiger partial charge in [-0.15, -0.1) is 0 Å². The lowest BCUT2D eigenvalue weighted by Crippen LogP contribution is -2.12. The highest BCUT2D eigenvalue weighted by Gasteiger charge is 2.32. The van der Waals surface area contributed by atoms with Gasteiger partial charge in [0.2, 0.25) is 0 Å². The highest BCUT2D eigenvalue weighted by Crippen LogP contribution is 2.38. The quantitative estimate of drug-likeness (QED) is 0.898. The highest BCUT2D eigenvalue weighted by atomic mass is 19.4. The first-order chi connectivity index (χ1) is 10.5. The Kier molecular flexibility index (Phi) is 5.08. The Morgan fingerprint density at radius 2 is 1.77 bits per heavy atom. The molecule has 0 bridgehead atoms. The summed E-state index contributed by atoms with van der Waals surface area (Å²) in [6, 6.07) is 12.9. The topological polar surface area (TPSA) is 35.2 Å². The molecule has 0 saturated heterocycles. The van der Waals surface area contributed by atoms with Crippen LogP contribution >= 0.6 is 0 Å². The van der Waals surface area contributed by atoms with Crippen molar-refractivity contribution in [3.05, 3.63) is 65.2 Å². The van der Waals surface area contributed by atoms with E-state index in [0.717, 1.165) is 17.7 Å². The molecule has 0 fully saturated rings. The van der Waals surface area contributed by atoms with Crippen molar-refractivity contribution in [2.75, 3.05) is 13.7 Å². The third-order valence-corrected chi connectivity index (χ3v) is 3.59. The molecule has 2 nitrogen and oxygen atoms in total. The van der Waals surface area contributed by atoms with E-state index in [4.69, 9.17) is 10.5 Å². The fraction of sp³-hybridized carbons (Fsp3) is 0.294. The van der Waals surface area contributed by atoms with Gasteiger partial charge in [0.15, 0.2) is 0 Å². The molecule has 2 aromatic carbocycles. The molecule has 0 aliphatic rings. The van der Waals surface area contributed by atoms with Gasteiger partial charge in [0.1, 0.15) is 5.75 Å². The normalized spacial score (nSPS) is 13.0. The summed E-state index contributed by atoms with van der Waals surface area (Å²) in [5.41, 5.74) is 6.41. The van der Waals surface area contributed by atoms with Crippen LogP contribution in [0.4, 0.5) is 13.2 Å². The van der Waals surface area contributed by atoms with Crippen LogP contribution in [-0.4, -0.2) is 13.7 Å². The summed E-state index contributed by atoms with van der Waals surface area (Å²) in [5, 5.41) is 0. The zero-order valence-corrected chi connectivity index (χ0v) is 12.2. The minimum Gasteiger partial charge on any atom is -0.496 e. The van der Waals surface area contributed by atoms with Gasteiger partial charge in [-0.05, 0) is 36.7 Å². The van der Waals surface area contributed by atoms with Crippen LogP contribution in [-0.2, 0) is 6.18 Å². The summed E-state index contributed by atoms with van der Waals surface area (Å²) in [7, 11) is 1.45. The number of nitrogens with two attached hydrogens (primary N) is 1. The van der Waals surface area contributed by atoms with Gasteiger partial charge in [-0.1, -0.05) is 30.3 Å². The second-order valence-corrected chi connectivity index (χ2v) is 5.00. The van der Waals surface area contributed by atoms with Gasteiger partial charge < -0.3 is 10.5 Å². The molecule has 5 heteroatoms. The number of methoxy groups -OCH3 is 1. The van der Waals surface area contributed by atoms with Crippen molar-refractivity contribution in [1.29, 1.82) is 0 Å². The number of alkyl halides is 3. The molecule has 0 aliphatic heterocycles. The summed E-state index contributed by atoms with van der Waals surface area (Å²) in [6.07, 6.45) is -3.84. The molecule has 2 N–H and O–H groups in total. The predicted molar refractivity (Wildman–Crippen MR) is 80.0 cm³/mol. The Balaban J connectivity index is 2.54. The molecular weight excluding hydrogens is 291 g/mol. The zero-order chi connectivity index (χ0) is 16.2. The summed E-state index contributed by atoms with van der Waals surface area (Å²) in [4.78, 5) is 0. The third-order valence-electron chi connectivity index (χ3n) is 3.59. The van der Waals surface area contributed by atoms with Gasteiger partial charge in [-0.3, -0.25) is 0 Å². The number of halogens is 3. The molecule has 0 radical (unpaired) electrons. The number of rotatable bonds is 5. The molecular formula is C17H18F3NO. The van der Waals surface area contributed by atoms with Crippen LogP contribution in [0.15, 0.2) is 48.5 Å². The summed E-state index contributed by atoms with van der Waals surface area (Å²) in [5.74, 6) is 0.207. The Morgan fingerprint density at radius 3 is 2.32 bits per heavy atom. The van der Waals surface area contributed by atoms with Gasteiger partial charge in [0.05, 0.1) is 12.7 Å². The smallest absolute Gasteiger partial charge is 0.416 e. The van der Waals surface area contributed by atoms with Crippen LogP contribution < -0.4 is 10.5 Å². The summed E-state index contributed by atoms with van der Waals surface area (Å²) in [6.45, 7) is 0.374. The molecule has 1 unspecified atom stereocenters. The Bertz CT molecular complexity index is 611. The van der Waals surface area contributed by atoms with Crippen LogP contribution in [0.25, 0.3) is 0 Å². The van der Waals surface area contributed by atoms with E-state index in [1.165, 1.54) is 13.2 Å². The molecule has 0 saturated carbocycles. The molecule has 0 aromatic heterocycles. The van der Waals surface area contributed by atoms with Gasteiger partial charge in [0.25, 0.3) is 0 Å². The van der Waals surface area contributed by atoms with E-state index in [1.807, 2.05) is 30.3 Å². The molecule has 118 valence electrons. The lowest BCUT2D eigenvalue weighted by molar-refractivity contribution is -0.137. The average molecular weight is 309 g/mol. The number of hydrogen-bond donors (Lipinski definition) is 1. The molecule has 22 heavy (non-hydrogen) atoms. The molecule has 0 heterocycles. The summed E-state index contributed by atoms with van der Waals surface area (Å²) >= 11 is 0. The van der Waals surface area contributed by atoms with E-state index in [1.54, 1.807) is 0 Å². The van der Waals surface area contributed by atoms with E-state index >= 15 is 0 Å². The summed E-state index contributed by atoms with van der Waals surface area (Å²) < 4.78 is 44.2. The largest absolute Gasteiger partial charge is 0.496 e.